The lowest BCUT2D eigenvalue weighted by molar-refractivity contribution is 0.0948. The minimum absolute atomic E-state index is 0.00666. The van der Waals surface area contributed by atoms with Gasteiger partial charge in [0.1, 0.15) is 0 Å². The third-order valence-corrected chi connectivity index (χ3v) is 3.05. The van der Waals surface area contributed by atoms with Crippen molar-refractivity contribution in [1.29, 1.82) is 0 Å². The molecule has 1 aromatic heterocycles. The molecule has 88 valence electrons. The third-order valence-electron chi connectivity index (χ3n) is 3.05. The molecule has 0 saturated heterocycles. The van der Waals surface area contributed by atoms with Gasteiger partial charge in [0.2, 0.25) is 0 Å². The van der Waals surface area contributed by atoms with Gasteiger partial charge in [0.05, 0.1) is 23.3 Å². The predicted molar refractivity (Wildman–Crippen MR) is 65.7 cm³/mol. The molecule has 2 aromatic rings. The van der Waals surface area contributed by atoms with Crippen LogP contribution in [0.3, 0.4) is 0 Å². The SMILES string of the molecule is CC(C)Cn1nc2c3c(cccc31)C(=O)NC2. The molecule has 0 atom stereocenters. The summed E-state index contributed by atoms with van der Waals surface area (Å²) in [6.45, 7) is 5.76. The van der Waals surface area contributed by atoms with E-state index >= 15 is 0 Å². The fraction of sp³-hybridized carbons (Fsp3) is 0.385. The zero-order chi connectivity index (χ0) is 12.0. The van der Waals surface area contributed by atoms with Gasteiger partial charge in [-0.1, -0.05) is 19.9 Å². The summed E-state index contributed by atoms with van der Waals surface area (Å²) in [4.78, 5) is 11.8. The number of hydrogen-bond donors (Lipinski definition) is 1. The van der Waals surface area contributed by atoms with Crippen molar-refractivity contribution >= 4 is 16.8 Å². The van der Waals surface area contributed by atoms with E-state index in [1.54, 1.807) is 0 Å². The maximum absolute atomic E-state index is 11.8. The first-order chi connectivity index (χ1) is 8.16. The lowest BCUT2D eigenvalue weighted by atomic mass is 10.0. The number of carbonyl (C=O) groups is 1. The lowest BCUT2D eigenvalue weighted by Crippen LogP contribution is -2.27. The van der Waals surface area contributed by atoms with E-state index in [1.807, 2.05) is 22.9 Å². The van der Waals surface area contributed by atoms with Crippen molar-refractivity contribution in [2.24, 2.45) is 5.92 Å². The smallest absolute Gasteiger partial charge is 0.252 e. The lowest BCUT2D eigenvalue weighted by Gasteiger charge is -2.11. The summed E-state index contributed by atoms with van der Waals surface area (Å²) in [5.41, 5.74) is 2.80. The maximum Gasteiger partial charge on any atom is 0.252 e. The molecule has 0 saturated carbocycles. The molecule has 17 heavy (non-hydrogen) atoms. The van der Waals surface area contributed by atoms with E-state index in [1.165, 1.54) is 0 Å². The number of amides is 1. The standard InChI is InChI=1S/C13H15N3O/c1-8(2)7-16-11-5-3-4-9-12(11)10(15-16)6-14-13(9)17/h3-5,8H,6-7H2,1-2H3,(H,14,17). The second-order valence-corrected chi connectivity index (χ2v) is 4.91. The third kappa shape index (κ3) is 1.52. The number of benzene rings is 1. The van der Waals surface area contributed by atoms with Crippen LogP contribution in [-0.2, 0) is 13.1 Å². The fourth-order valence-corrected chi connectivity index (χ4v) is 2.37. The fourth-order valence-electron chi connectivity index (χ4n) is 2.37. The summed E-state index contributed by atoms with van der Waals surface area (Å²) in [6.07, 6.45) is 0. The molecule has 2 heterocycles. The Kier molecular flexibility index (Phi) is 2.18. The van der Waals surface area contributed by atoms with Crippen LogP contribution in [0, 0.1) is 5.92 Å². The molecule has 3 rings (SSSR count). The van der Waals surface area contributed by atoms with Gasteiger partial charge in [-0.25, -0.2) is 0 Å². The molecule has 0 spiro atoms. The van der Waals surface area contributed by atoms with E-state index in [9.17, 15) is 4.79 Å². The average molecular weight is 229 g/mol. The largest absolute Gasteiger partial charge is 0.346 e. The van der Waals surface area contributed by atoms with Crippen molar-refractivity contribution < 1.29 is 4.79 Å². The van der Waals surface area contributed by atoms with Gasteiger partial charge >= 0.3 is 0 Å². The van der Waals surface area contributed by atoms with Crippen molar-refractivity contribution in [2.75, 3.05) is 0 Å². The molecule has 1 aliphatic rings. The van der Waals surface area contributed by atoms with Gasteiger partial charge in [-0.15, -0.1) is 0 Å². The number of rotatable bonds is 2. The first-order valence-corrected chi connectivity index (χ1v) is 5.93. The van der Waals surface area contributed by atoms with E-state index in [0.717, 1.165) is 28.7 Å². The zero-order valence-electron chi connectivity index (χ0n) is 10.0. The predicted octanol–water partition coefficient (Wildman–Crippen LogP) is 1.94. The molecule has 0 fully saturated rings. The topological polar surface area (TPSA) is 46.9 Å². The van der Waals surface area contributed by atoms with E-state index in [2.05, 4.69) is 24.3 Å². The second-order valence-electron chi connectivity index (χ2n) is 4.91. The Morgan fingerprint density at radius 2 is 2.29 bits per heavy atom. The van der Waals surface area contributed by atoms with Crippen molar-refractivity contribution in [1.82, 2.24) is 15.1 Å². The number of nitrogens with one attached hydrogen (secondary N) is 1. The van der Waals surface area contributed by atoms with Crippen LogP contribution in [0.4, 0.5) is 0 Å². The molecule has 0 unspecified atom stereocenters. The van der Waals surface area contributed by atoms with Crippen molar-refractivity contribution in [3.05, 3.63) is 29.5 Å². The minimum atomic E-state index is 0.00666. The molecule has 1 amide bonds. The first-order valence-electron chi connectivity index (χ1n) is 5.93. The van der Waals surface area contributed by atoms with Crippen molar-refractivity contribution in [2.45, 2.75) is 26.9 Å². The number of aromatic nitrogens is 2. The molecular formula is C13H15N3O. The molecule has 4 heteroatoms. The Labute approximate surface area is 99.6 Å². The van der Waals surface area contributed by atoms with Crippen LogP contribution in [0.2, 0.25) is 0 Å². The first kappa shape index (κ1) is 10.3. The molecule has 0 aliphatic carbocycles. The molecule has 1 N–H and O–H groups in total. The van der Waals surface area contributed by atoms with Gasteiger partial charge in [-0.3, -0.25) is 9.48 Å². The quantitative estimate of drug-likeness (QED) is 0.855. The highest BCUT2D eigenvalue weighted by molar-refractivity contribution is 6.09. The minimum Gasteiger partial charge on any atom is -0.346 e. The van der Waals surface area contributed by atoms with Crippen molar-refractivity contribution in [3.63, 3.8) is 0 Å². The van der Waals surface area contributed by atoms with E-state index in [0.29, 0.717) is 12.5 Å². The van der Waals surface area contributed by atoms with Crippen LogP contribution in [0.1, 0.15) is 29.9 Å². The maximum atomic E-state index is 11.8. The summed E-state index contributed by atoms with van der Waals surface area (Å²) in [7, 11) is 0. The Balaban J connectivity index is 2.26. The summed E-state index contributed by atoms with van der Waals surface area (Å²) < 4.78 is 2.01. The van der Waals surface area contributed by atoms with Crippen LogP contribution < -0.4 is 5.32 Å². The van der Waals surface area contributed by atoms with Gasteiger partial charge in [0.25, 0.3) is 5.91 Å². The normalized spacial score (nSPS) is 14.4. The van der Waals surface area contributed by atoms with Gasteiger partial charge in [0.15, 0.2) is 0 Å². The number of nitrogens with zero attached hydrogens (tertiary/aromatic N) is 2. The number of hydrogen-bond acceptors (Lipinski definition) is 2. The summed E-state index contributed by atoms with van der Waals surface area (Å²) in [5, 5.41) is 8.47. The van der Waals surface area contributed by atoms with Crippen LogP contribution in [-0.4, -0.2) is 15.7 Å². The van der Waals surface area contributed by atoms with E-state index in [-0.39, 0.29) is 5.91 Å². The molecule has 0 bridgehead atoms. The molecule has 1 aromatic carbocycles. The monoisotopic (exact) mass is 229 g/mol. The average Bonchev–Trinajstić information content (AvgIpc) is 2.63. The Bertz CT molecular complexity index is 598. The highest BCUT2D eigenvalue weighted by Crippen LogP contribution is 2.26. The van der Waals surface area contributed by atoms with Crippen LogP contribution in [0.5, 0.6) is 0 Å². The van der Waals surface area contributed by atoms with E-state index in [4.69, 9.17) is 0 Å². The summed E-state index contributed by atoms with van der Waals surface area (Å²) in [5.74, 6) is 0.547. The highest BCUT2D eigenvalue weighted by atomic mass is 16.1. The zero-order valence-corrected chi connectivity index (χ0v) is 10.0. The Hall–Kier alpha value is -1.84. The molecule has 0 radical (unpaired) electrons. The highest BCUT2D eigenvalue weighted by Gasteiger charge is 2.22. The number of carbonyl (C=O) groups excluding carboxylic acids is 1. The second kappa shape index (κ2) is 3.58. The van der Waals surface area contributed by atoms with Crippen molar-refractivity contribution in [3.8, 4) is 0 Å². The van der Waals surface area contributed by atoms with Crippen LogP contribution in [0.25, 0.3) is 10.9 Å². The molecular weight excluding hydrogens is 214 g/mol. The Morgan fingerprint density at radius 3 is 3.06 bits per heavy atom. The van der Waals surface area contributed by atoms with Gasteiger partial charge < -0.3 is 5.32 Å². The summed E-state index contributed by atoms with van der Waals surface area (Å²) in [6, 6.07) is 5.82. The Morgan fingerprint density at radius 1 is 1.47 bits per heavy atom. The summed E-state index contributed by atoms with van der Waals surface area (Å²) >= 11 is 0. The molecule has 1 aliphatic heterocycles. The van der Waals surface area contributed by atoms with Crippen LogP contribution in [0.15, 0.2) is 18.2 Å². The van der Waals surface area contributed by atoms with Gasteiger partial charge in [-0.05, 0) is 18.1 Å². The molecule has 4 nitrogen and oxygen atoms in total. The van der Waals surface area contributed by atoms with E-state index < -0.39 is 0 Å². The van der Waals surface area contributed by atoms with Crippen LogP contribution >= 0.6 is 0 Å². The van der Waals surface area contributed by atoms with Gasteiger partial charge in [0, 0.05) is 11.9 Å². The van der Waals surface area contributed by atoms with Gasteiger partial charge in [-0.2, -0.15) is 5.10 Å².